The van der Waals surface area contributed by atoms with Crippen LogP contribution in [0.3, 0.4) is 0 Å². The van der Waals surface area contributed by atoms with Gasteiger partial charge >= 0.3 is 212 Å². The van der Waals surface area contributed by atoms with Crippen LogP contribution in [0.15, 0.2) is 96.1 Å². The molecule has 0 saturated heterocycles. The number of rotatable bonds is 4. The van der Waals surface area contributed by atoms with E-state index < -0.39 is 23.2 Å². The van der Waals surface area contributed by atoms with Gasteiger partial charge in [-0.3, -0.25) is 0 Å². The summed E-state index contributed by atoms with van der Waals surface area (Å²) in [6.07, 6.45) is 19.8. The molecule has 4 aliphatic rings. The van der Waals surface area contributed by atoms with Gasteiger partial charge in [0.15, 0.2) is 0 Å². The van der Waals surface area contributed by atoms with Crippen LogP contribution in [0.1, 0.15) is 59.8 Å². The summed E-state index contributed by atoms with van der Waals surface area (Å²) in [5, 5.41) is 0. The fourth-order valence-electron chi connectivity index (χ4n) is 6.82. The van der Waals surface area contributed by atoms with Crippen molar-refractivity contribution in [2.45, 2.75) is 58.6 Å². The van der Waals surface area contributed by atoms with E-state index in [2.05, 4.69) is 98.8 Å². The Morgan fingerprint density at radius 1 is 0.600 bits per heavy atom. The number of allylic oxidation sites excluding steroid dienone is 8. The molecule has 2 fully saturated rings. The van der Waals surface area contributed by atoms with Crippen molar-refractivity contribution in [3.05, 3.63) is 118 Å². The Morgan fingerprint density at radius 3 is 1.40 bits per heavy atom. The number of halogens is 2. The molecular weight excluding hydrogens is 546 g/mol. The molecule has 0 amide bonds. The first kappa shape index (κ1) is 26.9. The van der Waals surface area contributed by atoms with Crippen molar-refractivity contribution in [2.24, 2.45) is 11.8 Å². The number of aryl methyl sites for hydroxylation is 2. The SMILES string of the molecule is Cc1ccc(C2CC3CC=CC=C3[CH]2[Zr+2][CH]2C3=CC=CCC3CC2c2ccc(C)cc2)cc1.[Cl-].[Cl-]. The van der Waals surface area contributed by atoms with Gasteiger partial charge in [-0.1, -0.05) is 0 Å². The Kier molecular flexibility index (Phi) is 8.84. The van der Waals surface area contributed by atoms with Gasteiger partial charge in [-0.15, -0.1) is 0 Å². The zero-order chi connectivity index (χ0) is 22.4. The molecule has 2 aromatic rings. The van der Waals surface area contributed by atoms with Gasteiger partial charge in [0.2, 0.25) is 0 Å². The number of benzene rings is 2. The van der Waals surface area contributed by atoms with Crippen LogP contribution in [0.2, 0.25) is 7.25 Å². The second-order valence-electron chi connectivity index (χ2n) is 10.7. The summed E-state index contributed by atoms with van der Waals surface area (Å²) in [5.74, 6) is 3.02. The third-order valence-corrected chi connectivity index (χ3v) is 14.0. The first-order valence-corrected chi connectivity index (χ1v) is 15.6. The van der Waals surface area contributed by atoms with Crippen LogP contribution in [0.25, 0.3) is 0 Å². The van der Waals surface area contributed by atoms with Gasteiger partial charge in [0.25, 0.3) is 0 Å². The Balaban J connectivity index is 0.00000144. The summed E-state index contributed by atoms with van der Waals surface area (Å²) >= 11 is -0.747. The van der Waals surface area contributed by atoms with Crippen LogP contribution in [0.4, 0.5) is 0 Å². The number of hydrogen-bond acceptors (Lipinski definition) is 0. The molecule has 6 rings (SSSR count). The van der Waals surface area contributed by atoms with Crippen molar-refractivity contribution in [3.63, 3.8) is 0 Å². The molecule has 180 valence electrons. The fourth-order valence-corrected chi connectivity index (χ4v) is 13.1. The first-order valence-electron chi connectivity index (χ1n) is 12.8. The molecule has 0 bridgehead atoms. The van der Waals surface area contributed by atoms with Crippen molar-refractivity contribution in [2.75, 3.05) is 0 Å². The molecule has 0 spiro atoms. The second-order valence-corrected chi connectivity index (χ2v) is 14.6. The minimum Gasteiger partial charge on any atom is -1.00 e. The first-order chi connectivity index (χ1) is 16.2. The van der Waals surface area contributed by atoms with Crippen molar-refractivity contribution < 1.29 is 48.0 Å². The van der Waals surface area contributed by atoms with E-state index in [0.717, 1.165) is 30.9 Å². The van der Waals surface area contributed by atoms with Gasteiger partial charge in [-0.25, -0.2) is 0 Å². The summed E-state index contributed by atoms with van der Waals surface area (Å²) in [6.45, 7) is 4.43. The summed E-state index contributed by atoms with van der Waals surface area (Å²) in [7, 11) is 0. The molecule has 0 radical (unpaired) electrons. The van der Waals surface area contributed by atoms with Crippen molar-refractivity contribution in [3.8, 4) is 0 Å². The van der Waals surface area contributed by atoms with E-state index in [1.807, 2.05) is 11.1 Å². The van der Waals surface area contributed by atoms with Crippen LogP contribution in [-0.2, 0) is 23.2 Å². The topological polar surface area (TPSA) is 0 Å². The number of fused-ring (bicyclic) bond motifs is 2. The standard InChI is InChI=1S/2C16H17.2ClH.Zr/c2*1-12-6-8-13(9-7-12)16-10-14-4-2-3-5-15(14)11-16;;;/h2*2-4,6-10,15-16H,5,11H2,1H3;2*1H;/q;;;;+2/p-2. The molecular formula is C32H34Cl2Zr. The van der Waals surface area contributed by atoms with Crippen molar-refractivity contribution in [1.82, 2.24) is 0 Å². The quantitative estimate of drug-likeness (QED) is 0.522. The van der Waals surface area contributed by atoms with E-state index >= 15 is 0 Å². The Bertz CT molecular complexity index is 1050. The number of hydrogen-bond donors (Lipinski definition) is 0. The molecule has 0 aliphatic heterocycles. The van der Waals surface area contributed by atoms with E-state index in [1.54, 1.807) is 11.1 Å². The maximum Gasteiger partial charge on any atom is -1.00 e. The molecule has 2 saturated carbocycles. The zero-order valence-electron chi connectivity index (χ0n) is 20.6. The van der Waals surface area contributed by atoms with Crippen LogP contribution in [-0.4, -0.2) is 0 Å². The molecule has 0 nitrogen and oxygen atoms in total. The maximum atomic E-state index is 2.52. The molecule has 0 aromatic heterocycles. The van der Waals surface area contributed by atoms with Crippen LogP contribution in [0, 0.1) is 25.7 Å². The molecule has 6 unspecified atom stereocenters. The van der Waals surface area contributed by atoms with Gasteiger partial charge < -0.3 is 24.8 Å². The van der Waals surface area contributed by atoms with Gasteiger partial charge in [-0.2, -0.15) is 0 Å². The monoisotopic (exact) mass is 578 g/mol. The third kappa shape index (κ3) is 5.30. The summed E-state index contributed by atoms with van der Waals surface area (Å²) in [6, 6.07) is 19.1. The Labute approximate surface area is 235 Å². The summed E-state index contributed by atoms with van der Waals surface area (Å²) in [5.41, 5.74) is 9.58. The maximum absolute atomic E-state index is 2.52. The average molecular weight is 581 g/mol. The third-order valence-electron chi connectivity index (χ3n) is 8.60. The molecule has 4 aliphatic carbocycles. The van der Waals surface area contributed by atoms with Crippen LogP contribution < -0.4 is 24.8 Å². The molecule has 2 aromatic carbocycles. The normalized spacial score (nSPS) is 30.2. The Morgan fingerprint density at radius 2 is 1.00 bits per heavy atom. The van der Waals surface area contributed by atoms with E-state index in [1.165, 1.54) is 36.8 Å². The molecule has 3 heteroatoms. The van der Waals surface area contributed by atoms with Crippen molar-refractivity contribution >= 4 is 0 Å². The van der Waals surface area contributed by atoms with Gasteiger partial charge in [0, 0.05) is 0 Å². The van der Waals surface area contributed by atoms with E-state index in [9.17, 15) is 0 Å². The molecule has 35 heavy (non-hydrogen) atoms. The van der Waals surface area contributed by atoms with E-state index in [-0.39, 0.29) is 24.8 Å². The van der Waals surface area contributed by atoms with E-state index in [0.29, 0.717) is 0 Å². The summed E-state index contributed by atoms with van der Waals surface area (Å²) in [4.78, 5) is 0. The predicted molar refractivity (Wildman–Crippen MR) is 135 cm³/mol. The van der Waals surface area contributed by atoms with Gasteiger partial charge in [-0.05, 0) is 0 Å². The predicted octanol–water partition coefficient (Wildman–Crippen LogP) is 2.65. The van der Waals surface area contributed by atoms with Gasteiger partial charge in [0.1, 0.15) is 0 Å². The minimum atomic E-state index is -0.747. The minimum absolute atomic E-state index is 0. The molecule has 6 atom stereocenters. The van der Waals surface area contributed by atoms with E-state index in [4.69, 9.17) is 0 Å². The van der Waals surface area contributed by atoms with Crippen LogP contribution >= 0.6 is 0 Å². The average Bonchev–Trinajstić information content (AvgIpc) is 3.39. The smallest absolute Gasteiger partial charge is 1.00 e. The second kappa shape index (κ2) is 11.5. The van der Waals surface area contributed by atoms with Crippen molar-refractivity contribution in [1.29, 1.82) is 0 Å². The molecule has 0 N–H and O–H groups in total. The Hall–Kier alpha value is -1.14. The zero-order valence-corrected chi connectivity index (χ0v) is 24.6. The largest absolute Gasteiger partial charge is 1.00 e. The van der Waals surface area contributed by atoms with Gasteiger partial charge in [0.05, 0.1) is 0 Å². The summed E-state index contributed by atoms with van der Waals surface area (Å²) < 4.78 is 1.66. The molecule has 0 heterocycles. The van der Waals surface area contributed by atoms with Crippen LogP contribution in [0.5, 0.6) is 0 Å². The fraction of sp³-hybridized carbons (Fsp3) is 0.375.